The van der Waals surface area contributed by atoms with E-state index in [4.69, 9.17) is 8.83 Å². The smallest absolute Gasteiger partial charge is 0.339 e. The van der Waals surface area contributed by atoms with Crippen LogP contribution in [0.5, 0.6) is 0 Å². The summed E-state index contributed by atoms with van der Waals surface area (Å²) in [7, 11) is 0. The molecule has 0 spiro atoms. The first-order valence-corrected chi connectivity index (χ1v) is 12.0. The van der Waals surface area contributed by atoms with Gasteiger partial charge in [0.05, 0.1) is 12.8 Å². The molecule has 3 N–H and O–H groups in total. The summed E-state index contributed by atoms with van der Waals surface area (Å²) in [6, 6.07) is 0.935. The molecule has 0 aliphatic rings. The van der Waals surface area contributed by atoms with Gasteiger partial charge in [0, 0.05) is 33.9 Å². The minimum absolute atomic E-state index is 0.0307. The molecule has 9 nitrogen and oxygen atoms in total. The van der Waals surface area contributed by atoms with Crippen molar-refractivity contribution < 1.29 is 28.3 Å². The first-order valence-electron chi connectivity index (χ1n) is 12.0. The lowest BCUT2D eigenvalue weighted by atomic mass is 9.86. The molecular weight excluding hydrogens is 464 g/mol. The van der Waals surface area contributed by atoms with Crippen LogP contribution in [0.4, 0.5) is 0 Å². The van der Waals surface area contributed by atoms with Gasteiger partial charge in [0.25, 0.3) is 0 Å². The van der Waals surface area contributed by atoms with Crippen LogP contribution in [0, 0.1) is 19.8 Å². The van der Waals surface area contributed by atoms with E-state index < -0.39 is 29.5 Å². The number of aryl methyl sites for hydroxylation is 2. The molecule has 0 aliphatic carbocycles. The van der Waals surface area contributed by atoms with Crippen LogP contribution in [0.2, 0.25) is 0 Å². The molecule has 3 aromatic rings. The maximum atomic E-state index is 12.8. The Bertz CT molecular complexity index is 1390. The molecule has 3 rings (SSSR count). The predicted molar refractivity (Wildman–Crippen MR) is 136 cm³/mol. The number of hydrogen-bond donors (Lipinski definition) is 3. The minimum Gasteiger partial charge on any atom is -0.480 e. The van der Waals surface area contributed by atoms with Crippen molar-refractivity contribution in [1.29, 1.82) is 0 Å². The average molecular weight is 499 g/mol. The van der Waals surface area contributed by atoms with E-state index in [1.165, 1.54) is 0 Å². The fourth-order valence-corrected chi connectivity index (χ4v) is 4.31. The molecule has 194 valence electrons. The van der Waals surface area contributed by atoms with Gasteiger partial charge in [-0.05, 0) is 43.2 Å². The minimum atomic E-state index is -1.14. The first-order chi connectivity index (χ1) is 16.7. The molecule has 0 radical (unpaired) electrons. The van der Waals surface area contributed by atoms with Gasteiger partial charge in [0.1, 0.15) is 17.2 Å². The molecule has 1 atom stereocenters. The number of carboxylic acid groups (broad SMARTS) is 1. The van der Waals surface area contributed by atoms with Crippen molar-refractivity contribution in [3.05, 3.63) is 45.0 Å². The van der Waals surface area contributed by atoms with Crippen molar-refractivity contribution in [3.63, 3.8) is 0 Å². The molecule has 0 fully saturated rings. The van der Waals surface area contributed by atoms with E-state index >= 15 is 0 Å². The number of carbonyl (C=O) groups is 3. The van der Waals surface area contributed by atoms with Crippen LogP contribution in [-0.4, -0.2) is 35.5 Å². The number of amides is 2. The Morgan fingerprint density at radius 2 is 1.69 bits per heavy atom. The Kier molecular flexibility index (Phi) is 7.62. The normalized spacial score (nSPS) is 12.8. The van der Waals surface area contributed by atoms with E-state index in [1.54, 1.807) is 20.1 Å². The summed E-state index contributed by atoms with van der Waals surface area (Å²) in [5.74, 6) is -2.47. The van der Waals surface area contributed by atoms with Crippen LogP contribution in [0.3, 0.4) is 0 Å². The van der Waals surface area contributed by atoms with Crippen LogP contribution in [-0.2, 0) is 26.2 Å². The SMILES string of the molecule is Cc1c(CCC(=O)NCC(=O)NC(C(=O)O)C(C)C)c(=O)oc2c(C)c3occ(C(C)(C)C)c3cc12. The second kappa shape index (κ2) is 10.2. The van der Waals surface area contributed by atoms with Gasteiger partial charge in [-0.2, -0.15) is 0 Å². The van der Waals surface area contributed by atoms with E-state index in [1.807, 2.05) is 19.9 Å². The lowest BCUT2D eigenvalue weighted by molar-refractivity contribution is -0.143. The molecule has 9 heteroatoms. The maximum Gasteiger partial charge on any atom is 0.339 e. The number of furan rings is 1. The van der Waals surface area contributed by atoms with Gasteiger partial charge in [-0.25, -0.2) is 9.59 Å². The van der Waals surface area contributed by atoms with E-state index in [0.29, 0.717) is 16.7 Å². The number of rotatable bonds is 8. The quantitative estimate of drug-likeness (QED) is 0.402. The van der Waals surface area contributed by atoms with Crippen LogP contribution in [0.1, 0.15) is 63.3 Å². The zero-order chi connectivity index (χ0) is 26.9. The average Bonchev–Trinajstić information content (AvgIpc) is 3.21. The molecule has 0 aliphatic heterocycles. The molecule has 0 saturated carbocycles. The van der Waals surface area contributed by atoms with Crippen molar-refractivity contribution >= 4 is 39.7 Å². The molecule has 0 saturated heterocycles. The third kappa shape index (κ3) is 5.45. The molecule has 36 heavy (non-hydrogen) atoms. The van der Waals surface area contributed by atoms with Crippen LogP contribution in [0.25, 0.3) is 21.9 Å². The van der Waals surface area contributed by atoms with Gasteiger partial charge in [-0.1, -0.05) is 34.6 Å². The Hall–Kier alpha value is -3.62. The third-order valence-corrected chi connectivity index (χ3v) is 6.45. The summed E-state index contributed by atoms with van der Waals surface area (Å²) < 4.78 is 11.5. The van der Waals surface area contributed by atoms with Crippen LogP contribution < -0.4 is 16.3 Å². The Balaban J connectivity index is 1.78. The van der Waals surface area contributed by atoms with Crippen LogP contribution in [0.15, 0.2) is 26.0 Å². The molecule has 2 aromatic heterocycles. The number of carbonyl (C=O) groups excluding carboxylic acids is 2. The van der Waals surface area contributed by atoms with Gasteiger partial charge < -0.3 is 24.6 Å². The largest absolute Gasteiger partial charge is 0.480 e. The van der Waals surface area contributed by atoms with Crippen molar-refractivity contribution in [3.8, 4) is 0 Å². The molecule has 1 unspecified atom stereocenters. The van der Waals surface area contributed by atoms with E-state index in [0.717, 1.165) is 27.5 Å². The summed E-state index contributed by atoms with van der Waals surface area (Å²) in [5, 5.41) is 15.8. The van der Waals surface area contributed by atoms with Gasteiger partial charge in [-0.15, -0.1) is 0 Å². The highest BCUT2D eigenvalue weighted by Gasteiger charge is 2.25. The highest BCUT2D eigenvalue weighted by atomic mass is 16.4. The molecule has 0 bridgehead atoms. The number of nitrogens with one attached hydrogen (secondary N) is 2. The fraction of sp³-hybridized carbons (Fsp3) is 0.481. The van der Waals surface area contributed by atoms with Crippen molar-refractivity contribution in [1.82, 2.24) is 10.6 Å². The van der Waals surface area contributed by atoms with Crippen molar-refractivity contribution in [2.45, 2.75) is 72.8 Å². The predicted octanol–water partition coefficient (Wildman–Crippen LogP) is 3.73. The highest BCUT2D eigenvalue weighted by molar-refractivity contribution is 6.00. The summed E-state index contributed by atoms with van der Waals surface area (Å²) in [6.45, 7) is 13.0. The molecule has 2 heterocycles. The summed E-state index contributed by atoms with van der Waals surface area (Å²) in [4.78, 5) is 48.4. The van der Waals surface area contributed by atoms with Crippen molar-refractivity contribution in [2.24, 2.45) is 5.92 Å². The van der Waals surface area contributed by atoms with Gasteiger partial charge >= 0.3 is 11.6 Å². The number of fused-ring (bicyclic) bond motifs is 2. The number of carboxylic acids is 1. The Morgan fingerprint density at radius 1 is 1.03 bits per heavy atom. The zero-order valence-electron chi connectivity index (χ0n) is 21.8. The highest BCUT2D eigenvalue weighted by Crippen LogP contribution is 2.37. The van der Waals surface area contributed by atoms with E-state index in [-0.39, 0.29) is 30.7 Å². The lowest BCUT2D eigenvalue weighted by Gasteiger charge is -2.18. The number of aliphatic carboxylic acids is 1. The van der Waals surface area contributed by atoms with Gasteiger partial charge in [-0.3, -0.25) is 9.59 Å². The number of hydrogen-bond acceptors (Lipinski definition) is 6. The number of benzene rings is 1. The van der Waals surface area contributed by atoms with Crippen molar-refractivity contribution in [2.75, 3.05) is 6.54 Å². The Morgan fingerprint density at radius 3 is 2.28 bits per heavy atom. The molecule has 1 aromatic carbocycles. The monoisotopic (exact) mass is 498 g/mol. The van der Waals surface area contributed by atoms with E-state index in [2.05, 4.69) is 31.4 Å². The fourth-order valence-electron chi connectivity index (χ4n) is 4.31. The molecular formula is C27H34N2O7. The summed E-state index contributed by atoms with van der Waals surface area (Å²) >= 11 is 0. The second-order valence-corrected chi connectivity index (χ2v) is 10.6. The first kappa shape index (κ1) is 27.0. The van der Waals surface area contributed by atoms with E-state index in [9.17, 15) is 24.3 Å². The summed E-state index contributed by atoms with van der Waals surface area (Å²) in [5.41, 5.74) is 3.42. The van der Waals surface area contributed by atoms with Gasteiger partial charge in [0.2, 0.25) is 11.8 Å². The van der Waals surface area contributed by atoms with Gasteiger partial charge in [0.15, 0.2) is 0 Å². The second-order valence-electron chi connectivity index (χ2n) is 10.6. The zero-order valence-corrected chi connectivity index (χ0v) is 21.8. The summed E-state index contributed by atoms with van der Waals surface area (Å²) in [6.07, 6.45) is 1.85. The van der Waals surface area contributed by atoms with Crippen LogP contribution >= 0.6 is 0 Å². The molecule has 2 amide bonds. The Labute approximate surface area is 209 Å². The topological polar surface area (TPSA) is 139 Å². The maximum absolute atomic E-state index is 12.8. The standard InChI is InChI=1S/C27H34N2O7/c1-13(2)22(25(32)33)29-21(31)11-28-20(30)9-8-16-14(3)17-10-18-19(27(5,6)7)12-35-23(18)15(4)24(17)36-26(16)34/h10,12-13,22H,8-9,11H2,1-7H3,(H,28,30)(H,29,31)(H,32,33). The third-order valence-electron chi connectivity index (χ3n) is 6.45. The lowest BCUT2D eigenvalue weighted by Crippen LogP contribution is -2.48.